The number of aryl methyl sites for hydroxylation is 1. The van der Waals surface area contributed by atoms with E-state index < -0.39 is 0 Å². The number of benzene rings is 2. The molecule has 4 rings (SSSR count). The molecule has 0 radical (unpaired) electrons. The Kier molecular flexibility index (Phi) is 4.01. The smallest absolute Gasteiger partial charge is 0.287 e. The molecule has 0 bridgehead atoms. The van der Waals surface area contributed by atoms with Gasteiger partial charge in [0.2, 0.25) is 0 Å². The van der Waals surface area contributed by atoms with Crippen molar-refractivity contribution in [2.45, 2.75) is 13.5 Å². The fourth-order valence-corrected chi connectivity index (χ4v) is 3.10. The second-order valence-electron chi connectivity index (χ2n) is 5.83. The topological polar surface area (TPSA) is 60.7 Å². The Morgan fingerprint density at radius 1 is 1.16 bits per heavy atom. The normalized spacial score (nSPS) is 13.0. The molecule has 0 unspecified atom stereocenters. The van der Waals surface area contributed by atoms with Gasteiger partial charge in [0.25, 0.3) is 5.91 Å². The van der Waals surface area contributed by atoms with E-state index in [4.69, 9.17) is 25.5 Å². The first-order chi connectivity index (χ1) is 12.1. The van der Waals surface area contributed by atoms with E-state index in [-0.39, 0.29) is 11.7 Å². The predicted octanol–water partition coefficient (Wildman–Crippen LogP) is 4.10. The molecule has 0 fully saturated rings. The summed E-state index contributed by atoms with van der Waals surface area (Å²) < 4.78 is 16.7. The zero-order valence-electron chi connectivity index (χ0n) is 13.6. The maximum atomic E-state index is 12.5. The maximum Gasteiger partial charge on any atom is 0.287 e. The first-order valence-electron chi connectivity index (χ1n) is 7.98. The Bertz CT molecular complexity index is 963. The summed E-state index contributed by atoms with van der Waals surface area (Å²) in [4.78, 5) is 12.5. The van der Waals surface area contributed by atoms with Gasteiger partial charge in [-0.25, -0.2) is 0 Å². The Balaban J connectivity index is 1.53. The van der Waals surface area contributed by atoms with Gasteiger partial charge < -0.3 is 19.2 Å². The van der Waals surface area contributed by atoms with Crippen molar-refractivity contribution >= 4 is 28.5 Å². The largest absolute Gasteiger partial charge is 0.486 e. The molecular weight excluding hydrogens is 342 g/mol. The van der Waals surface area contributed by atoms with Crippen molar-refractivity contribution in [3.05, 3.63) is 58.3 Å². The minimum Gasteiger partial charge on any atom is -0.486 e. The minimum atomic E-state index is -0.278. The number of para-hydroxylation sites is 1. The van der Waals surface area contributed by atoms with Crippen LogP contribution in [0.25, 0.3) is 11.0 Å². The highest BCUT2D eigenvalue weighted by Crippen LogP contribution is 2.32. The number of carbonyl (C=O) groups is 1. The lowest BCUT2D eigenvalue weighted by Gasteiger charge is -2.18. The molecule has 3 aromatic rings. The van der Waals surface area contributed by atoms with E-state index in [0.29, 0.717) is 36.1 Å². The highest BCUT2D eigenvalue weighted by Gasteiger charge is 2.19. The van der Waals surface area contributed by atoms with Gasteiger partial charge in [-0.1, -0.05) is 29.8 Å². The van der Waals surface area contributed by atoms with Gasteiger partial charge in [0.1, 0.15) is 13.2 Å². The molecule has 1 aromatic heterocycles. The molecule has 0 saturated heterocycles. The standard InChI is InChI=1S/C19H16ClNO4/c1-11-13-3-2-4-14(20)18(13)25-17(11)19(22)21-10-12-5-6-15-16(9-12)24-8-7-23-15/h2-6,9H,7-8,10H2,1H3,(H,21,22). The Labute approximate surface area is 149 Å². The predicted molar refractivity (Wildman–Crippen MR) is 94.6 cm³/mol. The zero-order chi connectivity index (χ0) is 17.4. The molecular formula is C19H16ClNO4. The fourth-order valence-electron chi connectivity index (χ4n) is 2.89. The number of nitrogens with one attached hydrogen (secondary N) is 1. The van der Waals surface area contributed by atoms with Crippen molar-refractivity contribution in [3.8, 4) is 11.5 Å². The first kappa shape index (κ1) is 15.8. The number of ether oxygens (including phenoxy) is 2. The summed E-state index contributed by atoms with van der Waals surface area (Å²) in [5.41, 5.74) is 2.23. The molecule has 128 valence electrons. The van der Waals surface area contributed by atoms with Crippen molar-refractivity contribution in [1.29, 1.82) is 0 Å². The lowest BCUT2D eigenvalue weighted by atomic mass is 10.1. The lowest BCUT2D eigenvalue weighted by molar-refractivity contribution is 0.0924. The molecule has 0 atom stereocenters. The van der Waals surface area contributed by atoms with E-state index in [2.05, 4.69) is 5.32 Å². The van der Waals surface area contributed by atoms with E-state index in [1.807, 2.05) is 37.3 Å². The van der Waals surface area contributed by atoms with Gasteiger partial charge in [-0.05, 0) is 30.7 Å². The average Bonchev–Trinajstić information content (AvgIpc) is 2.98. The number of fused-ring (bicyclic) bond motifs is 2. The number of rotatable bonds is 3. The molecule has 2 heterocycles. The van der Waals surface area contributed by atoms with Crippen LogP contribution >= 0.6 is 11.6 Å². The van der Waals surface area contributed by atoms with Crippen LogP contribution in [0.1, 0.15) is 21.7 Å². The molecule has 6 heteroatoms. The van der Waals surface area contributed by atoms with Gasteiger partial charge in [-0.2, -0.15) is 0 Å². The summed E-state index contributed by atoms with van der Waals surface area (Å²) >= 11 is 6.14. The quantitative estimate of drug-likeness (QED) is 0.766. The molecule has 0 spiro atoms. The fraction of sp³-hybridized carbons (Fsp3) is 0.211. The van der Waals surface area contributed by atoms with E-state index in [9.17, 15) is 4.79 Å². The van der Waals surface area contributed by atoms with Crippen LogP contribution in [-0.4, -0.2) is 19.1 Å². The van der Waals surface area contributed by atoms with E-state index >= 15 is 0 Å². The van der Waals surface area contributed by atoms with Crippen LogP contribution in [-0.2, 0) is 6.54 Å². The van der Waals surface area contributed by atoms with Gasteiger partial charge in [0, 0.05) is 17.5 Å². The number of furan rings is 1. The van der Waals surface area contributed by atoms with E-state index in [0.717, 1.165) is 22.3 Å². The van der Waals surface area contributed by atoms with Crippen molar-refractivity contribution in [2.75, 3.05) is 13.2 Å². The van der Waals surface area contributed by atoms with Crippen LogP contribution in [0, 0.1) is 6.92 Å². The summed E-state index contributed by atoms with van der Waals surface area (Å²) in [6.07, 6.45) is 0. The monoisotopic (exact) mass is 357 g/mol. The summed E-state index contributed by atoms with van der Waals surface area (Å²) in [6.45, 7) is 3.29. The second-order valence-corrected chi connectivity index (χ2v) is 6.24. The molecule has 1 amide bonds. The van der Waals surface area contributed by atoms with Crippen LogP contribution in [0.3, 0.4) is 0 Å². The van der Waals surface area contributed by atoms with E-state index in [1.165, 1.54) is 0 Å². The molecule has 0 aliphatic carbocycles. The number of carbonyl (C=O) groups excluding carboxylic acids is 1. The minimum absolute atomic E-state index is 0.278. The Morgan fingerprint density at radius 2 is 1.96 bits per heavy atom. The highest BCUT2D eigenvalue weighted by atomic mass is 35.5. The van der Waals surface area contributed by atoms with Crippen molar-refractivity contribution in [3.63, 3.8) is 0 Å². The van der Waals surface area contributed by atoms with Gasteiger partial charge in [-0.3, -0.25) is 4.79 Å². The average molecular weight is 358 g/mol. The van der Waals surface area contributed by atoms with Gasteiger partial charge in [0.15, 0.2) is 22.8 Å². The second kappa shape index (κ2) is 6.33. The summed E-state index contributed by atoms with van der Waals surface area (Å²) in [5, 5.41) is 4.21. The third-order valence-electron chi connectivity index (χ3n) is 4.18. The van der Waals surface area contributed by atoms with Gasteiger partial charge >= 0.3 is 0 Å². The Morgan fingerprint density at radius 3 is 2.76 bits per heavy atom. The molecule has 5 nitrogen and oxygen atoms in total. The van der Waals surface area contributed by atoms with Crippen molar-refractivity contribution in [1.82, 2.24) is 5.32 Å². The van der Waals surface area contributed by atoms with Crippen LogP contribution in [0.5, 0.6) is 11.5 Å². The third kappa shape index (κ3) is 2.91. The van der Waals surface area contributed by atoms with Crippen molar-refractivity contribution in [2.24, 2.45) is 0 Å². The SMILES string of the molecule is Cc1c(C(=O)NCc2ccc3c(c2)OCCO3)oc2c(Cl)cccc12. The van der Waals surface area contributed by atoms with Crippen LogP contribution in [0.15, 0.2) is 40.8 Å². The number of hydrogen-bond donors (Lipinski definition) is 1. The maximum absolute atomic E-state index is 12.5. The summed E-state index contributed by atoms with van der Waals surface area (Å²) in [7, 11) is 0. The summed E-state index contributed by atoms with van der Waals surface area (Å²) in [5.74, 6) is 1.43. The molecule has 1 N–H and O–H groups in total. The zero-order valence-corrected chi connectivity index (χ0v) is 14.4. The van der Waals surface area contributed by atoms with E-state index in [1.54, 1.807) is 6.07 Å². The summed E-state index contributed by atoms with van der Waals surface area (Å²) in [6, 6.07) is 11.1. The lowest BCUT2D eigenvalue weighted by Crippen LogP contribution is -2.23. The molecule has 1 aliphatic heterocycles. The Hall–Kier alpha value is -2.66. The molecule has 0 saturated carbocycles. The van der Waals surface area contributed by atoms with Crippen LogP contribution < -0.4 is 14.8 Å². The number of halogens is 1. The molecule has 1 aliphatic rings. The highest BCUT2D eigenvalue weighted by molar-refractivity contribution is 6.35. The van der Waals surface area contributed by atoms with Crippen molar-refractivity contribution < 1.29 is 18.7 Å². The number of amides is 1. The van der Waals surface area contributed by atoms with Crippen LogP contribution in [0.4, 0.5) is 0 Å². The first-order valence-corrected chi connectivity index (χ1v) is 8.35. The van der Waals surface area contributed by atoms with Crippen LogP contribution in [0.2, 0.25) is 5.02 Å². The molecule has 2 aromatic carbocycles. The van der Waals surface area contributed by atoms with Gasteiger partial charge in [0.05, 0.1) is 5.02 Å². The van der Waals surface area contributed by atoms with Gasteiger partial charge in [-0.15, -0.1) is 0 Å². The number of hydrogen-bond acceptors (Lipinski definition) is 4. The molecule has 25 heavy (non-hydrogen) atoms. The third-order valence-corrected chi connectivity index (χ3v) is 4.48.